The van der Waals surface area contributed by atoms with Gasteiger partial charge in [-0.3, -0.25) is 0 Å². The largest absolute Gasteiger partial charge is 0.0702 e. The van der Waals surface area contributed by atoms with E-state index in [-0.39, 0.29) is 0 Å². The van der Waals surface area contributed by atoms with Gasteiger partial charge in [-0.2, -0.15) is 0 Å². The zero-order valence-corrected chi connectivity index (χ0v) is 10.9. The van der Waals surface area contributed by atoms with E-state index in [1.807, 2.05) is 0 Å². The molecule has 0 aromatic rings. The number of hydrogen-bond donors (Lipinski definition) is 0. The predicted molar refractivity (Wildman–Crippen MR) is 71.2 cm³/mol. The molecule has 2 unspecified atom stereocenters. The van der Waals surface area contributed by atoms with Crippen LogP contribution >= 0.6 is 0 Å². The zero-order valence-electron chi connectivity index (χ0n) is 10.9. The molecule has 0 bridgehead atoms. The molecule has 0 radical (unpaired) electrons. The van der Waals surface area contributed by atoms with Crippen LogP contribution in [0, 0.1) is 11.8 Å². The van der Waals surface area contributed by atoms with Crippen LogP contribution in [0.2, 0.25) is 0 Å². The molecule has 2 aliphatic carbocycles. The quantitative estimate of drug-likeness (QED) is 0.587. The van der Waals surface area contributed by atoms with Crippen LogP contribution in [0.15, 0.2) is 46.6 Å². The van der Waals surface area contributed by atoms with Crippen molar-refractivity contribution < 1.29 is 0 Å². The molecule has 0 nitrogen and oxygen atoms in total. The van der Waals surface area contributed by atoms with E-state index in [1.165, 1.54) is 24.0 Å². The molecule has 0 spiro atoms. The van der Waals surface area contributed by atoms with Crippen molar-refractivity contribution in [1.82, 2.24) is 0 Å². The van der Waals surface area contributed by atoms with E-state index >= 15 is 0 Å². The van der Waals surface area contributed by atoms with E-state index in [0.717, 1.165) is 0 Å². The van der Waals surface area contributed by atoms with E-state index in [2.05, 4.69) is 52.0 Å². The molecular formula is C16H22. The first-order valence-electron chi connectivity index (χ1n) is 6.33. The highest BCUT2D eigenvalue weighted by Gasteiger charge is 2.18. The van der Waals surface area contributed by atoms with Crippen LogP contribution in [-0.2, 0) is 0 Å². The molecule has 16 heavy (non-hydrogen) atoms. The van der Waals surface area contributed by atoms with Crippen LogP contribution in [-0.4, -0.2) is 0 Å². The van der Waals surface area contributed by atoms with E-state index in [0.29, 0.717) is 11.8 Å². The third-order valence-corrected chi connectivity index (χ3v) is 4.11. The smallest absolute Gasteiger partial charge is 0.0191 e. The summed E-state index contributed by atoms with van der Waals surface area (Å²) in [6, 6.07) is 0. The van der Waals surface area contributed by atoms with Crippen molar-refractivity contribution in [3.8, 4) is 0 Å². The minimum Gasteiger partial charge on any atom is -0.0702 e. The second-order valence-corrected chi connectivity index (χ2v) is 5.42. The van der Waals surface area contributed by atoms with Gasteiger partial charge in [-0.1, -0.05) is 49.3 Å². The summed E-state index contributed by atoms with van der Waals surface area (Å²) in [6.45, 7) is 9.12. The Labute approximate surface area is 99.4 Å². The molecule has 0 saturated heterocycles. The Bertz CT molecular complexity index is 362. The molecule has 0 heteroatoms. The lowest BCUT2D eigenvalue weighted by molar-refractivity contribution is 0.628. The minimum atomic E-state index is 0.711. The van der Waals surface area contributed by atoms with Gasteiger partial charge in [0.15, 0.2) is 0 Å². The molecule has 0 aliphatic heterocycles. The second-order valence-electron chi connectivity index (χ2n) is 5.42. The summed E-state index contributed by atoms with van der Waals surface area (Å²) >= 11 is 0. The van der Waals surface area contributed by atoms with Gasteiger partial charge in [-0.15, -0.1) is 0 Å². The SMILES string of the molecule is CC1=CC=C(C2=CC=C(C)C(C)C2)CC1C. The van der Waals surface area contributed by atoms with E-state index in [1.54, 1.807) is 11.1 Å². The summed E-state index contributed by atoms with van der Waals surface area (Å²) in [4.78, 5) is 0. The minimum absolute atomic E-state index is 0.711. The lowest BCUT2D eigenvalue weighted by Crippen LogP contribution is -2.09. The molecule has 0 heterocycles. The summed E-state index contributed by atoms with van der Waals surface area (Å²) in [5.74, 6) is 1.42. The zero-order chi connectivity index (χ0) is 11.7. The van der Waals surface area contributed by atoms with Gasteiger partial charge < -0.3 is 0 Å². The Kier molecular flexibility index (Phi) is 3.18. The Morgan fingerprint density at radius 2 is 1.12 bits per heavy atom. The van der Waals surface area contributed by atoms with Crippen LogP contribution in [0.5, 0.6) is 0 Å². The average Bonchev–Trinajstić information content (AvgIpc) is 2.26. The maximum Gasteiger partial charge on any atom is -0.0191 e. The van der Waals surface area contributed by atoms with Crippen molar-refractivity contribution in [3.63, 3.8) is 0 Å². The normalized spacial score (nSPS) is 30.2. The summed E-state index contributed by atoms with van der Waals surface area (Å²) < 4.78 is 0. The van der Waals surface area contributed by atoms with Crippen molar-refractivity contribution in [2.24, 2.45) is 11.8 Å². The molecule has 0 saturated carbocycles. The van der Waals surface area contributed by atoms with E-state index in [9.17, 15) is 0 Å². The van der Waals surface area contributed by atoms with Gasteiger partial charge in [0.1, 0.15) is 0 Å². The van der Waals surface area contributed by atoms with Crippen molar-refractivity contribution in [2.45, 2.75) is 40.5 Å². The van der Waals surface area contributed by atoms with Gasteiger partial charge in [0.25, 0.3) is 0 Å². The van der Waals surface area contributed by atoms with Gasteiger partial charge >= 0.3 is 0 Å². The molecule has 0 N–H and O–H groups in total. The molecule has 0 aromatic heterocycles. The molecule has 0 amide bonds. The van der Waals surface area contributed by atoms with Crippen LogP contribution < -0.4 is 0 Å². The van der Waals surface area contributed by atoms with Crippen molar-refractivity contribution in [1.29, 1.82) is 0 Å². The molecule has 86 valence electrons. The molecular weight excluding hydrogens is 192 g/mol. The fraction of sp³-hybridized carbons (Fsp3) is 0.500. The number of hydrogen-bond acceptors (Lipinski definition) is 0. The highest BCUT2D eigenvalue weighted by atomic mass is 14.2. The maximum atomic E-state index is 2.33. The van der Waals surface area contributed by atoms with Crippen molar-refractivity contribution in [2.75, 3.05) is 0 Å². The fourth-order valence-corrected chi connectivity index (χ4v) is 2.39. The van der Waals surface area contributed by atoms with Crippen molar-refractivity contribution >= 4 is 0 Å². The molecule has 2 aliphatic rings. The van der Waals surface area contributed by atoms with Gasteiger partial charge in [0.2, 0.25) is 0 Å². The third-order valence-electron chi connectivity index (χ3n) is 4.11. The van der Waals surface area contributed by atoms with Crippen LogP contribution in [0.25, 0.3) is 0 Å². The van der Waals surface area contributed by atoms with Crippen LogP contribution in [0.1, 0.15) is 40.5 Å². The fourth-order valence-electron chi connectivity index (χ4n) is 2.39. The van der Waals surface area contributed by atoms with Gasteiger partial charge in [0.05, 0.1) is 0 Å². The second kappa shape index (κ2) is 4.45. The van der Waals surface area contributed by atoms with Crippen molar-refractivity contribution in [3.05, 3.63) is 46.6 Å². The van der Waals surface area contributed by atoms with Gasteiger partial charge in [-0.25, -0.2) is 0 Å². The maximum absolute atomic E-state index is 2.33. The molecule has 2 rings (SSSR count). The first-order chi connectivity index (χ1) is 7.58. The summed E-state index contributed by atoms with van der Waals surface area (Å²) in [5.41, 5.74) is 6.13. The highest BCUT2D eigenvalue weighted by molar-refractivity contribution is 5.43. The highest BCUT2D eigenvalue weighted by Crippen LogP contribution is 2.34. The first kappa shape index (κ1) is 11.4. The first-order valence-corrected chi connectivity index (χ1v) is 6.33. The standard InChI is InChI=1S/C16H22/c1-11-5-7-15(9-13(11)3)16-8-6-12(2)14(4)10-16/h5-8,13-14H,9-10H2,1-4H3. The Balaban J connectivity index is 2.22. The summed E-state index contributed by atoms with van der Waals surface area (Å²) in [6.07, 6.45) is 11.7. The Morgan fingerprint density at radius 3 is 1.44 bits per heavy atom. The third kappa shape index (κ3) is 2.21. The lowest BCUT2D eigenvalue weighted by Gasteiger charge is -2.25. The number of allylic oxidation sites excluding steroid dienone is 8. The molecule has 0 aromatic carbocycles. The molecule has 2 atom stereocenters. The Hall–Kier alpha value is -1.04. The Morgan fingerprint density at radius 1 is 0.750 bits per heavy atom. The van der Waals surface area contributed by atoms with E-state index in [4.69, 9.17) is 0 Å². The van der Waals surface area contributed by atoms with Gasteiger partial charge in [0, 0.05) is 0 Å². The number of rotatable bonds is 1. The lowest BCUT2D eigenvalue weighted by atomic mass is 9.80. The predicted octanol–water partition coefficient (Wildman–Crippen LogP) is 4.81. The average molecular weight is 214 g/mol. The van der Waals surface area contributed by atoms with E-state index < -0.39 is 0 Å². The molecule has 0 fully saturated rings. The van der Waals surface area contributed by atoms with Gasteiger partial charge in [-0.05, 0) is 49.7 Å². The monoisotopic (exact) mass is 214 g/mol. The topological polar surface area (TPSA) is 0 Å². The summed E-state index contributed by atoms with van der Waals surface area (Å²) in [5, 5.41) is 0. The van der Waals surface area contributed by atoms with Crippen LogP contribution in [0.4, 0.5) is 0 Å². The van der Waals surface area contributed by atoms with Crippen LogP contribution in [0.3, 0.4) is 0 Å². The summed E-state index contributed by atoms with van der Waals surface area (Å²) in [7, 11) is 0.